The lowest BCUT2D eigenvalue weighted by Crippen LogP contribution is -2.03. The molecular formula is C11H12N2O2. The van der Waals surface area contributed by atoms with Crippen LogP contribution in [-0.4, -0.2) is 24.2 Å². The van der Waals surface area contributed by atoms with Gasteiger partial charge in [-0.25, -0.2) is 0 Å². The third-order valence-corrected chi connectivity index (χ3v) is 2.20. The summed E-state index contributed by atoms with van der Waals surface area (Å²) in [6.45, 7) is 0. The summed E-state index contributed by atoms with van der Waals surface area (Å²) in [5, 5.41) is 0.981. The summed E-state index contributed by atoms with van der Waals surface area (Å²) in [4.78, 5) is 8.34. The molecule has 0 aliphatic carbocycles. The molecule has 0 aromatic carbocycles. The highest BCUT2D eigenvalue weighted by atomic mass is 16.7. The average Bonchev–Trinajstić information content (AvgIpc) is 2.30. The first kappa shape index (κ1) is 10.0. The Morgan fingerprint density at radius 1 is 1.20 bits per heavy atom. The highest BCUT2D eigenvalue weighted by Crippen LogP contribution is 2.19. The molecule has 0 spiro atoms. The maximum absolute atomic E-state index is 5.15. The van der Waals surface area contributed by atoms with Gasteiger partial charge in [-0.1, -0.05) is 0 Å². The molecule has 4 heteroatoms. The molecule has 0 fully saturated rings. The Morgan fingerprint density at radius 3 is 2.73 bits per heavy atom. The SMILES string of the molecule is COC(OC)c1cnc2ccncc2c1. The van der Waals surface area contributed by atoms with Gasteiger partial charge in [-0.15, -0.1) is 0 Å². The summed E-state index contributed by atoms with van der Waals surface area (Å²) in [6.07, 6.45) is 4.87. The topological polar surface area (TPSA) is 44.2 Å². The summed E-state index contributed by atoms with van der Waals surface area (Å²) in [5.41, 5.74) is 1.81. The molecule has 15 heavy (non-hydrogen) atoms. The Bertz CT molecular complexity index is 455. The second-order valence-electron chi connectivity index (χ2n) is 3.14. The highest BCUT2D eigenvalue weighted by molar-refractivity contribution is 5.77. The second kappa shape index (κ2) is 4.33. The largest absolute Gasteiger partial charge is 0.352 e. The minimum absolute atomic E-state index is 0.373. The Balaban J connectivity index is 2.46. The fourth-order valence-corrected chi connectivity index (χ4v) is 1.49. The maximum atomic E-state index is 5.15. The van der Waals surface area contributed by atoms with Crippen LogP contribution in [0.15, 0.2) is 30.7 Å². The van der Waals surface area contributed by atoms with Gasteiger partial charge in [0.15, 0.2) is 6.29 Å². The van der Waals surface area contributed by atoms with Crippen molar-refractivity contribution < 1.29 is 9.47 Å². The first-order valence-corrected chi connectivity index (χ1v) is 4.60. The van der Waals surface area contributed by atoms with Crippen molar-refractivity contribution in [2.75, 3.05) is 14.2 Å². The van der Waals surface area contributed by atoms with Crippen LogP contribution in [0.1, 0.15) is 11.9 Å². The molecule has 0 aliphatic rings. The van der Waals surface area contributed by atoms with Crippen molar-refractivity contribution in [3.63, 3.8) is 0 Å². The molecule has 0 radical (unpaired) electrons. The van der Waals surface area contributed by atoms with E-state index >= 15 is 0 Å². The number of hydrogen-bond donors (Lipinski definition) is 0. The van der Waals surface area contributed by atoms with Crippen molar-refractivity contribution >= 4 is 10.9 Å². The predicted octanol–water partition coefficient (Wildman–Crippen LogP) is 1.92. The number of fused-ring (bicyclic) bond motifs is 1. The van der Waals surface area contributed by atoms with Crippen LogP contribution < -0.4 is 0 Å². The molecule has 0 unspecified atom stereocenters. The Kier molecular flexibility index (Phi) is 2.89. The highest BCUT2D eigenvalue weighted by Gasteiger charge is 2.09. The van der Waals surface area contributed by atoms with E-state index in [1.807, 2.05) is 12.1 Å². The molecule has 0 saturated carbocycles. The fraction of sp³-hybridized carbons (Fsp3) is 0.273. The number of pyridine rings is 2. The van der Waals surface area contributed by atoms with Crippen LogP contribution in [0.3, 0.4) is 0 Å². The van der Waals surface area contributed by atoms with Crippen molar-refractivity contribution in [2.24, 2.45) is 0 Å². The van der Waals surface area contributed by atoms with E-state index in [1.54, 1.807) is 32.8 Å². The van der Waals surface area contributed by atoms with Crippen LogP contribution in [-0.2, 0) is 9.47 Å². The van der Waals surface area contributed by atoms with Crippen LogP contribution in [0.25, 0.3) is 10.9 Å². The van der Waals surface area contributed by atoms with Gasteiger partial charge in [0.1, 0.15) is 0 Å². The molecule has 0 saturated heterocycles. The van der Waals surface area contributed by atoms with E-state index in [2.05, 4.69) is 9.97 Å². The zero-order valence-electron chi connectivity index (χ0n) is 8.68. The van der Waals surface area contributed by atoms with Gasteiger partial charge in [-0.05, 0) is 12.1 Å². The third-order valence-electron chi connectivity index (χ3n) is 2.20. The van der Waals surface area contributed by atoms with E-state index in [1.165, 1.54) is 0 Å². The number of rotatable bonds is 3. The Morgan fingerprint density at radius 2 is 2.00 bits per heavy atom. The zero-order chi connectivity index (χ0) is 10.7. The third kappa shape index (κ3) is 1.95. The van der Waals surface area contributed by atoms with Gasteiger partial charge in [0.2, 0.25) is 0 Å². The van der Waals surface area contributed by atoms with Crippen LogP contribution in [0.2, 0.25) is 0 Å². The second-order valence-corrected chi connectivity index (χ2v) is 3.14. The van der Waals surface area contributed by atoms with Crippen LogP contribution in [0.4, 0.5) is 0 Å². The number of hydrogen-bond acceptors (Lipinski definition) is 4. The minimum Gasteiger partial charge on any atom is -0.352 e. The van der Waals surface area contributed by atoms with Gasteiger partial charge >= 0.3 is 0 Å². The number of methoxy groups -OCH3 is 2. The molecule has 0 amide bonds. The summed E-state index contributed by atoms with van der Waals surface area (Å²) >= 11 is 0. The van der Waals surface area contributed by atoms with Crippen LogP contribution in [0.5, 0.6) is 0 Å². The molecule has 4 nitrogen and oxygen atoms in total. The van der Waals surface area contributed by atoms with Crippen molar-refractivity contribution in [3.8, 4) is 0 Å². The Labute approximate surface area is 87.9 Å². The van der Waals surface area contributed by atoms with Crippen molar-refractivity contribution in [1.82, 2.24) is 9.97 Å². The van der Waals surface area contributed by atoms with Gasteiger partial charge in [0.25, 0.3) is 0 Å². The molecule has 0 atom stereocenters. The minimum atomic E-state index is -0.373. The lowest BCUT2D eigenvalue weighted by Gasteiger charge is -2.13. The lowest BCUT2D eigenvalue weighted by atomic mass is 10.2. The smallest absolute Gasteiger partial charge is 0.184 e. The quantitative estimate of drug-likeness (QED) is 0.716. The molecule has 0 N–H and O–H groups in total. The van der Waals surface area contributed by atoms with Gasteiger partial charge in [-0.3, -0.25) is 9.97 Å². The van der Waals surface area contributed by atoms with E-state index in [-0.39, 0.29) is 6.29 Å². The van der Waals surface area contributed by atoms with Crippen molar-refractivity contribution in [3.05, 3.63) is 36.3 Å². The normalized spacial score (nSPS) is 11.1. The standard InChI is InChI=1S/C11H12N2O2/c1-14-11(15-2)9-5-8-6-12-4-3-10(8)13-7-9/h3-7,11H,1-2H3. The summed E-state index contributed by atoms with van der Waals surface area (Å²) in [7, 11) is 3.20. The van der Waals surface area contributed by atoms with Gasteiger partial charge in [0, 0.05) is 43.8 Å². The predicted molar refractivity (Wildman–Crippen MR) is 56.3 cm³/mol. The molecule has 2 heterocycles. The molecule has 78 valence electrons. The fourth-order valence-electron chi connectivity index (χ4n) is 1.49. The van der Waals surface area contributed by atoms with E-state index < -0.39 is 0 Å². The molecule has 2 aromatic heterocycles. The molecule has 2 rings (SSSR count). The van der Waals surface area contributed by atoms with Crippen LogP contribution >= 0.6 is 0 Å². The summed E-state index contributed by atoms with van der Waals surface area (Å²) in [6, 6.07) is 3.83. The first-order chi connectivity index (χ1) is 7.35. The van der Waals surface area contributed by atoms with Crippen molar-refractivity contribution in [2.45, 2.75) is 6.29 Å². The summed E-state index contributed by atoms with van der Waals surface area (Å²) < 4.78 is 10.3. The molecule has 0 aliphatic heterocycles. The number of aromatic nitrogens is 2. The van der Waals surface area contributed by atoms with Crippen molar-refractivity contribution in [1.29, 1.82) is 0 Å². The average molecular weight is 204 g/mol. The van der Waals surface area contributed by atoms with E-state index in [4.69, 9.17) is 9.47 Å². The molecular weight excluding hydrogens is 192 g/mol. The van der Waals surface area contributed by atoms with Gasteiger partial charge < -0.3 is 9.47 Å². The van der Waals surface area contributed by atoms with Gasteiger partial charge in [0.05, 0.1) is 5.52 Å². The lowest BCUT2D eigenvalue weighted by molar-refractivity contribution is -0.106. The van der Waals surface area contributed by atoms with E-state index in [0.717, 1.165) is 16.5 Å². The first-order valence-electron chi connectivity index (χ1n) is 4.60. The van der Waals surface area contributed by atoms with E-state index in [9.17, 15) is 0 Å². The Hall–Kier alpha value is -1.52. The number of nitrogens with zero attached hydrogens (tertiary/aromatic N) is 2. The zero-order valence-corrected chi connectivity index (χ0v) is 8.68. The maximum Gasteiger partial charge on any atom is 0.184 e. The summed E-state index contributed by atoms with van der Waals surface area (Å²) in [5.74, 6) is 0. The molecule has 0 bridgehead atoms. The van der Waals surface area contributed by atoms with Gasteiger partial charge in [-0.2, -0.15) is 0 Å². The number of ether oxygens (including phenoxy) is 2. The van der Waals surface area contributed by atoms with Crippen LogP contribution in [0, 0.1) is 0 Å². The van der Waals surface area contributed by atoms with E-state index in [0.29, 0.717) is 0 Å². The molecule has 2 aromatic rings. The monoisotopic (exact) mass is 204 g/mol.